The predicted molar refractivity (Wildman–Crippen MR) is 97.5 cm³/mol. The molecular weight excluding hydrogens is 346 g/mol. The fourth-order valence-electron chi connectivity index (χ4n) is 3.25. The van der Waals surface area contributed by atoms with Crippen LogP contribution in [0.5, 0.6) is 0 Å². The summed E-state index contributed by atoms with van der Waals surface area (Å²) in [7, 11) is 0. The molecule has 4 amide bonds. The first-order valence-electron chi connectivity index (χ1n) is 9.07. The summed E-state index contributed by atoms with van der Waals surface area (Å²) in [5, 5.41) is 2.18. The Kier molecular flexibility index (Phi) is 5.67. The number of hydrogen-bond acceptors (Lipinski definition) is 5. The molecule has 2 heterocycles. The number of nitrogens with two attached hydrogens (primary N) is 1. The van der Waals surface area contributed by atoms with Crippen LogP contribution < -0.4 is 11.1 Å². The first kappa shape index (κ1) is 18.8. The molecule has 1 aromatic rings. The van der Waals surface area contributed by atoms with E-state index in [4.69, 9.17) is 5.73 Å². The third-order valence-corrected chi connectivity index (χ3v) is 4.68. The monoisotopic (exact) mass is 367 g/mol. The summed E-state index contributed by atoms with van der Waals surface area (Å²) < 4.78 is 0. The first-order chi connectivity index (χ1) is 13.0. The van der Waals surface area contributed by atoms with Crippen molar-refractivity contribution < 1.29 is 19.2 Å². The average Bonchev–Trinajstić information content (AvgIpc) is 2.89. The molecule has 2 aliphatic rings. The largest absolute Gasteiger partial charge is 0.330 e. The van der Waals surface area contributed by atoms with Gasteiger partial charge in [-0.15, -0.1) is 0 Å². The summed E-state index contributed by atoms with van der Waals surface area (Å²) in [6, 6.07) is 3.91. The highest BCUT2D eigenvalue weighted by Gasteiger charge is 2.44. The Hall–Kier alpha value is -2.98. The van der Waals surface area contributed by atoms with Gasteiger partial charge in [-0.1, -0.05) is 18.3 Å². The molecule has 7 nitrogen and oxygen atoms in total. The lowest BCUT2D eigenvalue weighted by atomic mass is 10.0. The van der Waals surface area contributed by atoms with E-state index in [2.05, 4.69) is 17.2 Å². The summed E-state index contributed by atoms with van der Waals surface area (Å²) in [6.45, 7) is 0.679. The summed E-state index contributed by atoms with van der Waals surface area (Å²) in [4.78, 5) is 49.6. The maximum absolute atomic E-state index is 12.7. The maximum atomic E-state index is 12.7. The van der Waals surface area contributed by atoms with Crippen LogP contribution in [0.15, 0.2) is 18.2 Å². The number of piperidine rings is 1. The van der Waals surface area contributed by atoms with E-state index in [9.17, 15) is 19.2 Å². The normalized spacial score (nSPS) is 18.9. The van der Waals surface area contributed by atoms with Gasteiger partial charge >= 0.3 is 0 Å². The van der Waals surface area contributed by atoms with Crippen LogP contribution in [0.2, 0.25) is 0 Å². The molecule has 0 bridgehead atoms. The van der Waals surface area contributed by atoms with Crippen LogP contribution in [0.25, 0.3) is 0 Å². The van der Waals surface area contributed by atoms with Crippen LogP contribution in [-0.4, -0.2) is 41.1 Å². The van der Waals surface area contributed by atoms with E-state index < -0.39 is 29.7 Å². The van der Waals surface area contributed by atoms with Crippen molar-refractivity contribution in [1.82, 2.24) is 10.2 Å². The number of benzene rings is 1. The van der Waals surface area contributed by atoms with E-state index in [0.29, 0.717) is 12.1 Å². The highest BCUT2D eigenvalue weighted by atomic mass is 16.2. The zero-order chi connectivity index (χ0) is 19.4. The van der Waals surface area contributed by atoms with Gasteiger partial charge in [0.25, 0.3) is 11.8 Å². The lowest BCUT2D eigenvalue weighted by Gasteiger charge is -2.27. The van der Waals surface area contributed by atoms with Gasteiger partial charge in [-0.3, -0.25) is 29.4 Å². The van der Waals surface area contributed by atoms with Gasteiger partial charge in [0.1, 0.15) is 6.04 Å². The minimum atomic E-state index is -0.952. The number of fused-ring (bicyclic) bond motifs is 1. The van der Waals surface area contributed by atoms with Crippen LogP contribution >= 0.6 is 0 Å². The molecule has 7 heteroatoms. The fraction of sp³-hybridized carbons (Fsp3) is 0.400. The highest BCUT2D eigenvalue weighted by Crippen LogP contribution is 2.28. The molecule has 0 aliphatic carbocycles. The fourth-order valence-corrected chi connectivity index (χ4v) is 3.25. The van der Waals surface area contributed by atoms with Gasteiger partial charge in [0, 0.05) is 18.4 Å². The zero-order valence-corrected chi connectivity index (χ0v) is 14.9. The topological polar surface area (TPSA) is 110 Å². The van der Waals surface area contributed by atoms with Gasteiger partial charge < -0.3 is 5.73 Å². The van der Waals surface area contributed by atoms with Gasteiger partial charge in [-0.25, -0.2) is 0 Å². The number of carbonyl (C=O) groups excluding carboxylic acids is 4. The number of hydrogen-bond donors (Lipinski definition) is 2. The lowest BCUT2D eigenvalue weighted by Crippen LogP contribution is -2.54. The van der Waals surface area contributed by atoms with Gasteiger partial charge in [-0.05, 0) is 44.0 Å². The molecule has 1 atom stereocenters. The summed E-state index contributed by atoms with van der Waals surface area (Å²) >= 11 is 0. The van der Waals surface area contributed by atoms with Crippen molar-refractivity contribution in [3.8, 4) is 11.8 Å². The first-order valence-corrected chi connectivity index (χ1v) is 9.07. The number of unbranched alkanes of at least 4 members (excludes halogenated alkanes) is 3. The number of carbonyl (C=O) groups is 4. The Morgan fingerprint density at radius 1 is 1.07 bits per heavy atom. The number of nitrogens with zero attached hydrogens (tertiary/aromatic N) is 1. The van der Waals surface area contributed by atoms with E-state index >= 15 is 0 Å². The van der Waals surface area contributed by atoms with Gasteiger partial charge in [-0.2, -0.15) is 0 Å². The number of amides is 4. The smallest absolute Gasteiger partial charge is 0.262 e. The second-order valence-electron chi connectivity index (χ2n) is 6.61. The lowest BCUT2D eigenvalue weighted by molar-refractivity contribution is -0.136. The van der Waals surface area contributed by atoms with E-state index in [0.717, 1.165) is 30.6 Å². The number of rotatable bonds is 5. The predicted octanol–water partition coefficient (Wildman–Crippen LogP) is 0.958. The molecule has 140 valence electrons. The Labute approximate surface area is 157 Å². The molecule has 0 saturated carbocycles. The Morgan fingerprint density at radius 2 is 1.85 bits per heavy atom. The van der Waals surface area contributed by atoms with Crippen LogP contribution in [-0.2, 0) is 9.59 Å². The van der Waals surface area contributed by atoms with E-state index in [-0.39, 0.29) is 24.0 Å². The molecule has 1 unspecified atom stereocenters. The van der Waals surface area contributed by atoms with Crippen molar-refractivity contribution >= 4 is 23.6 Å². The molecule has 3 N–H and O–H groups in total. The third-order valence-electron chi connectivity index (χ3n) is 4.68. The minimum absolute atomic E-state index is 0.102. The Bertz CT molecular complexity index is 866. The van der Waals surface area contributed by atoms with Crippen LogP contribution in [0.3, 0.4) is 0 Å². The van der Waals surface area contributed by atoms with Gasteiger partial charge in [0.15, 0.2) is 0 Å². The van der Waals surface area contributed by atoms with Crippen molar-refractivity contribution in [3.63, 3.8) is 0 Å². The zero-order valence-electron chi connectivity index (χ0n) is 14.9. The second kappa shape index (κ2) is 8.14. The molecule has 3 rings (SSSR count). The van der Waals surface area contributed by atoms with E-state index in [1.807, 2.05) is 0 Å². The molecule has 1 aromatic carbocycles. The molecule has 0 spiro atoms. The van der Waals surface area contributed by atoms with E-state index in [1.54, 1.807) is 18.2 Å². The van der Waals surface area contributed by atoms with Crippen molar-refractivity contribution in [1.29, 1.82) is 0 Å². The quantitative estimate of drug-likeness (QED) is 0.458. The Balaban J connectivity index is 1.74. The average molecular weight is 367 g/mol. The summed E-state index contributed by atoms with van der Waals surface area (Å²) in [5.41, 5.74) is 6.61. The molecule has 0 aromatic heterocycles. The third kappa shape index (κ3) is 3.91. The molecule has 27 heavy (non-hydrogen) atoms. The van der Waals surface area contributed by atoms with Crippen molar-refractivity contribution in [2.75, 3.05) is 6.54 Å². The van der Waals surface area contributed by atoms with Gasteiger partial charge in [0.2, 0.25) is 11.8 Å². The number of imide groups is 2. The van der Waals surface area contributed by atoms with Crippen molar-refractivity contribution in [3.05, 3.63) is 34.9 Å². The summed E-state index contributed by atoms with van der Waals surface area (Å²) in [6.07, 6.45) is 3.97. The molecule has 2 aliphatic heterocycles. The van der Waals surface area contributed by atoms with Crippen LogP contribution in [0, 0.1) is 11.8 Å². The molecule has 0 radical (unpaired) electrons. The van der Waals surface area contributed by atoms with Gasteiger partial charge in [0.05, 0.1) is 11.1 Å². The molecular formula is C20H21N3O4. The summed E-state index contributed by atoms with van der Waals surface area (Å²) in [5.74, 6) is 4.04. The minimum Gasteiger partial charge on any atom is -0.330 e. The SMILES string of the molecule is NCCCCCC#Cc1ccc2c(c1)C(=O)N(C1CCC(=O)NC1=O)C2=O. The molecule has 1 saturated heterocycles. The second-order valence-corrected chi connectivity index (χ2v) is 6.61. The maximum Gasteiger partial charge on any atom is 0.262 e. The van der Waals surface area contributed by atoms with Crippen molar-refractivity contribution in [2.24, 2.45) is 5.73 Å². The van der Waals surface area contributed by atoms with E-state index in [1.165, 1.54) is 0 Å². The number of nitrogens with one attached hydrogen (secondary N) is 1. The standard InChI is InChI=1S/C20H21N3O4/c21-11-5-3-1-2-4-6-13-7-8-14-15(12-13)20(27)23(19(14)26)16-9-10-17(24)22-18(16)25/h7-8,12,16H,1-3,5,9-11,21H2,(H,22,24,25). The van der Waals surface area contributed by atoms with Crippen LogP contribution in [0.4, 0.5) is 0 Å². The van der Waals surface area contributed by atoms with Crippen LogP contribution in [0.1, 0.15) is 64.8 Å². The highest BCUT2D eigenvalue weighted by molar-refractivity contribution is 6.23. The van der Waals surface area contributed by atoms with Crippen molar-refractivity contribution in [2.45, 2.75) is 44.6 Å². The molecule has 1 fully saturated rings. The Morgan fingerprint density at radius 3 is 2.59 bits per heavy atom.